The largest absolute Gasteiger partial charge is 0.378 e. The smallest absolute Gasteiger partial charge is 0.266 e. The van der Waals surface area contributed by atoms with Crippen molar-refractivity contribution in [2.45, 2.75) is 6.42 Å². The summed E-state index contributed by atoms with van der Waals surface area (Å²) in [6.45, 7) is 0.545. The zero-order valence-electron chi connectivity index (χ0n) is 21.9. The molecule has 39 heavy (non-hydrogen) atoms. The number of nitrogens with zero attached hydrogens (tertiary/aromatic N) is 4. The third-order valence-corrected chi connectivity index (χ3v) is 7.86. The van der Waals surface area contributed by atoms with E-state index >= 15 is 0 Å². The molecule has 1 N–H and O–H groups in total. The lowest BCUT2D eigenvalue weighted by atomic mass is 10.1. The Balaban J connectivity index is 1.31. The van der Waals surface area contributed by atoms with Gasteiger partial charge in [-0.05, 0) is 84.4 Å². The molecule has 0 atom stereocenters. The fraction of sp³-hybridized carbons (Fsp3) is 0.125. The number of fused-ring (bicyclic) bond motifs is 1. The lowest BCUT2D eigenvalue weighted by molar-refractivity contribution is -0.122. The number of H-pyrrole nitrogens is 1. The Morgan fingerprint density at radius 1 is 0.923 bits per heavy atom. The SMILES string of the molecule is CN(C)c1ccc(-n2cccc2/C=C2\SC(=Nc3ccccc3)N(CCc3c[nH]c4ccccc34)C2=O)cc1. The average Bonchev–Trinajstić information content (AvgIpc) is 3.67. The van der Waals surface area contributed by atoms with E-state index in [2.05, 4.69) is 50.8 Å². The summed E-state index contributed by atoms with van der Waals surface area (Å²) >= 11 is 1.43. The number of aromatic amines is 1. The van der Waals surface area contributed by atoms with Crippen LogP contribution in [0.25, 0.3) is 22.7 Å². The number of anilines is 1. The maximum Gasteiger partial charge on any atom is 0.266 e. The minimum Gasteiger partial charge on any atom is -0.378 e. The van der Waals surface area contributed by atoms with Gasteiger partial charge in [0.25, 0.3) is 5.91 Å². The van der Waals surface area contributed by atoms with Gasteiger partial charge in [-0.3, -0.25) is 9.69 Å². The number of aromatic nitrogens is 2. The number of hydrogen-bond donors (Lipinski definition) is 1. The van der Waals surface area contributed by atoms with E-state index in [4.69, 9.17) is 4.99 Å². The number of carbonyl (C=O) groups excluding carboxylic acids is 1. The summed E-state index contributed by atoms with van der Waals surface area (Å²) in [5.41, 5.74) is 6.25. The number of thioether (sulfide) groups is 1. The summed E-state index contributed by atoms with van der Waals surface area (Å²) in [4.78, 5) is 26.5. The topological polar surface area (TPSA) is 56.6 Å². The molecular formula is C32H29N5OS. The Kier molecular flexibility index (Phi) is 6.82. The second-order valence-corrected chi connectivity index (χ2v) is 10.6. The highest BCUT2D eigenvalue weighted by molar-refractivity contribution is 8.18. The molecule has 3 heterocycles. The molecule has 1 amide bonds. The van der Waals surface area contributed by atoms with Crippen LogP contribution in [-0.2, 0) is 11.2 Å². The van der Waals surface area contributed by atoms with Crippen LogP contribution in [-0.4, -0.2) is 46.2 Å². The lowest BCUT2D eigenvalue weighted by Crippen LogP contribution is -2.31. The molecular weight excluding hydrogens is 502 g/mol. The number of hydrogen-bond acceptors (Lipinski definition) is 4. The summed E-state index contributed by atoms with van der Waals surface area (Å²) in [7, 11) is 4.06. The molecule has 1 aliphatic rings. The van der Waals surface area contributed by atoms with E-state index in [9.17, 15) is 4.79 Å². The molecule has 7 heteroatoms. The van der Waals surface area contributed by atoms with Crippen molar-refractivity contribution in [3.63, 3.8) is 0 Å². The van der Waals surface area contributed by atoms with E-state index < -0.39 is 0 Å². The van der Waals surface area contributed by atoms with Gasteiger partial charge >= 0.3 is 0 Å². The molecule has 1 aliphatic heterocycles. The lowest BCUT2D eigenvalue weighted by Gasteiger charge is -2.15. The van der Waals surface area contributed by atoms with E-state index in [1.807, 2.05) is 92.1 Å². The molecule has 2 aromatic heterocycles. The summed E-state index contributed by atoms with van der Waals surface area (Å²) in [5, 5.41) is 1.89. The summed E-state index contributed by atoms with van der Waals surface area (Å²) in [6.07, 6.45) is 6.76. The number of amidine groups is 1. The van der Waals surface area contributed by atoms with Crippen molar-refractivity contribution < 1.29 is 4.79 Å². The van der Waals surface area contributed by atoms with Crippen molar-refractivity contribution in [3.8, 4) is 5.69 Å². The molecule has 6 rings (SSSR count). The summed E-state index contributed by atoms with van der Waals surface area (Å²) in [6, 6.07) is 30.5. The third-order valence-electron chi connectivity index (χ3n) is 6.85. The minimum atomic E-state index is -0.0229. The minimum absolute atomic E-state index is 0.0229. The van der Waals surface area contributed by atoms with Crippen LogP contribution < -0.4 is 4.90 Å². The van der Waals surface area contributed by atoms with Gasteiger partial charge in [-0.1, -0.05) is 36.4 Å². The molecule has 0 spiro atoms. The predicted molar refractivity (Wildman–Crippen MR) is 163 cm³/mol. The van der Waals surface area contributed by atoms with Gasteiger partial charge in [0.2, 0.25) is 0 Å². The van der Waals surface area contributed by atoms with Crippen molar-refractivity contribution in [1.82, 2.24) is 14.5 Å². The fourth-order valence-corrected chi connectivity index (χ4v) is 5.77. The van der Waals surface area contributed by atoms with E-state index in [-0.39, 0.29) is 5.91 Å². The van der Waals surface area contributed by atoms with Crippen LogP contribution in [0.5, 0.6) is 0 Å². The highest BCUT2D eigenvalue weighted by Gasteiger charge is 2.33. The molecule has 0 radical (unpaired) electrons. The monoisotopic (exact) mass is 531 g/mol. The molecule has 0 saturated carbocycles. The number of amides is 1. The van der Waals surface area contributed by atoms with Gasteiger partial charge in [-0.15, -0.1) is 0 Å². The van der Waals surface area contributed by atoms with Crippen LogP contribution in [0.3, 0.4) is 0 Å². The van der Waals surface area contributed by atoms with Gasteiger partial charge in [0.1, 0.15) is 0 Å². The van der Waals surface area contributed by atoms with Gasteiger partial charge in [-0.2, -0.15) is 0 Å². The van der Waals surface area contributed by atoms with Crippen LogP contribution in [0.1, 0.15) is 11.3 Å². The molecule has 0 bridgehead atoms. The van der Waals surface area contributed by atoms with Crippen molar-refractivity contribution in [3.05, 3.63) is 120 Å². The Morgan fingerprint density at radius 2 is 1.69 bits per heavy atom. The zero-order valence-corrected chi connectivity index (χ0v) is 22.7. The Morgan fingerprint density at radius 3 is 2.49 bits per heavy atom. The second kappa shape index (κ2) is 10.7. The first-order valence-electron chi connectivity index (χ1n) is 12.9. The molecule has 0 aliphatic carbocycles. The summed E-state index contributed by atoms with van der Waals surface area (Å²) in [5.74, 6) is -0.0229. The number of para-hydroxylation sites is 2. The zero-order chi connectivity index (χ0) is 26.8. The van der Waals surface area contributed by atoms with Crippen LogP contribution in [0, 0.1) is 0 Å². The molecule has 1 saturated heterocycles. The van der Waals surface area contributed by atoms with Crippen LogP contribution in [0.2, 0.25) is 0 Å². The van der Waals surface area contributed by atoms with E-state index in [1.165, 1.54) is 22.7 Å². The van der Waals surface area contributed by atoms with E-state index in [1.54, 1.807) is 0 Å². The van der Waals surface area contributed by atoms with Gasteiger partial charge in [0.15, 0.2) is 5.17 Å². The highest BCUT2D eigenvalue weighted by Crippen LogP contribution is 2.35. The van der Waals surface area contributed by atoms with Gasteiger partial charge in [0, 0.05) is 61.0 Å². The average molecular weight is 532 g/mol. The standard InChI is InChI=1S/C32H29N5OS/c1-35(2)25-14-16-26(17-15-25)36-19-8-11-27(36)21-30-31(38)37(32(39-30)34-24-9-4-3-5-10-24)20-18-23-22-33-29-13-7-6-12-28(23)29/h3-17,19,21-22,33H,18,20H2,1-2H3/b30-21-,34-32?. The first kappa shape index (κ1) is 24.8. The Hall–Kier alpha value is -4.49. The molecule has 194 valence electrons. The molecule has 0 unspecified atom stereocenters. The third kappa shape index (κ3) is 5.13. The maximum absolute atomic E-state index is 13.8. The first-order chi connectivity index (χ1) is 19.1. The first-order valence-corrected chi connectivity index (χ1v) is 13.7. The van der Waals surface area contributed by atoms with Crippen molar-refractivity contribution in [2.24, 2.45) is 4.99 Å². The number of carbonyl (C=O) groups is 1. The van der Waals surface area contributed by atoms with Crippen molar-refractivity contribution in [1.29, 1.82) is 0 Å². The molecule has 5 aromatic rings. The van der Waals surface area contributed by atoms with E-state index in [0.29, 0.717) is 16.6 Å². The van der Waals surface area contributed by atoms with Crippen molar-refractivity contribution >= 4 is 51.2 Å². The molecule has 1 fully saturated rings. The number of aliphatic imine (C=N–C) groups is 1. The second-order valence-electron chi connectivity index (χ2n) is 9.62. The van der Waals surface area contributed by atoms with Gasteiger partial charge < -0.3 is 14.5 Å². The maximum atomic E-state index is 13.8. The van der Waals surface area contributed by atoms with Gasteiger partial charge in [-0.25, -0.2) is 4.99 Å². The number of benzene rings is 3. The van der Waals surface area contributed by atoms with Crippen molar-refractivity contribution in [2.75, 3.05) is 25.5 Å². The Labute approximate surface area is 232 Å². The predicted octanol–water partition coefficient (Wildman–Crippen LogP) is 6.87. The highest BCUT2D eigenvalue weighted by atomic mass is 32.2. The molecule has 6 nitrogen and oxygen atoms in total. The quantitative estimate of drug-likeness (QED) is 0.233. The normalized spacial score (nSPS) is 15.6. The Bertz CT molecular complexity index is 1680. The number of rotatable bonds is 7. The van der Waals surface area contributed by atoms with Crippen LogP contribution in [0.15, 0.2) is 113 Å². The number of nitrogens with one attached hydrogen (secondary N) is 1. The summed E-state index contributed by atoms with van der Waals surface area (Å²) < 4.78 is 2.10. The molecule has 3 aromatic carbocycles. The van der Waals surface area contributed by atoms with Crippen LogP contribution >= 0.6 is 11.8 Å². The van der Waals surface area contributed by atoms with Crippen LogP contribution in [0.4, 0.5) is 11.4 Å². The van der Waals surface area contributed by atoms with Gasteiger partial charge in [0.05, 0.1) is 10.6 Å². The fourth-order valence-electron chi connectivity index (χ4n) is 4.76. The van der Waals surface area contributed by atoms with E-state index in [0.717, 1.165) is 34.7 Å².